The molecule has 488 valence electrons. The van der Waals surface area contributed by atoms with Gasteiger partial charge in [-0.25, -0.2) is 4.57 Å². The van der Waals surface area contributed by atoms with Gasteiger partial charge in [0.15, 0.2) is 6.10 Å². The Morgan fingerprint density at radius 2 is 0.647 bits per heavy atom. The van der Waals surface area contributed by atoms with Crippen LogP contribution in [0.5, 0.6) is 0 Å². The molecule has 2 unspecified atom stereocenters. The molecule has 0 heterocycles. The number of allylic oxidation sites excluding steroid dienone is 20. The number of hydrogen-bond acceptors (Lipinski definition) is 8. The minimum absolute atomic E-state index is 0.0494. The van der Waals surface area contributed by atoms with Crippen LogP contribution in [0.25, 0.3) is 0 Å². The molecule has 85 heavy (non-hydrogen) atoms. The first-order valence-corrected chi connectivity index (χ1v) is 36.5. The number of ether oxygens (including phenoxy) is 2. The molecule has 0 saturated carbocycles. The molecule has 0 rings (SSSR count). The molecule has 2 atom stereocenters. The number of phosphoric acid groups is 1. The summed E-state index contributed by atoms with van der Waals surface area (Å²) >= 11 is 0. The maximum Gasteiger partial charge on any atom is 0.472 e. The minimum atomic E-state index is -4.40. The lowest BCUT2D eigenvalue weighted by atomic mass is 10.0. The number of carbonyl (C=O) groups is 2. The van der Waals surface area contributed by atoms with Gasteiger partial charge in [0.2, 0.25) is 0 Å². The predicted octanol–water partition coefficient (Wildman–Crippen LogP) is 23.1. The molecule has 0 aromatic rings. The van der Waals surface area contributed by atoms with E-state index in [1.54, 1.807) is 0 Å². The highest BCUT2D eigenvalue weighted by Gasteiger charge is 2.26. The second-order valence-corrected chi connectivity index (χ2v) is 24.5. The molecular formula is C75H130NO8P. The van der Waals surface area contributed by atoms with Gasteiger partial charge in [0.1, 0.15) is 6.61 Å². The van der Waals surface area contributed by atoms with Crippen molar-refractivity contribution in [3.63, 3.8) is 0 Å². The van der Waals surface area contributed by atoms with Crippen molar-refractivity contribution in [2.75, 3.05) is 26.4 Å². The summed E-state index contributed by atoms with van der Waals surface area (Å²) in [5, 5.41) is 0. The maximum absolute atomic E-state index is 12.8. The second-order valence-electron chi connectivity index (χ2n) is 23.0. The van der Waals surface area contributed by atoms with Gasteiger partial charge < -0.3 is 20.1 Å². The summed E-state index contributed by atoms with van der Waals surface area (Å²) < 4.78 is 33.2. The summed E-state index contributed by atoms with van der Waals surface area (Å²) in [6, 6.07) is 0. The Morgan fingerprint density at radius 1 is 0.365 bits per heavy atom. The first-order chi connectivity index (χ1) is 41.8. The molecule has 0 aliphatic rings. The molecule has 0 bridgehead atoms. The molecule has 10 heteroatoms. The third-order valence-corrected chi connectivity index (χ3v) is 15.8. The van der Waals surface area contributed by atoms with Crippen LogP contribution >= 0.6 is 7.82 Å². The van der Waals surface area contributed by atoms with E-state index in [9.17, 15) is 19.0 Å². The van der Waals surface area contributed by atoms with Crippen LogP contribution in [0.4, 0.5) is 0 Å². The van der Waals surface area contributed by atoms with E-state index in [-0.39, 0.29) is 38.6 Å². The van der Waals surface area contributed by atoms with Crippen molar-refractivity contribution < 1.29 is 37.6 Å². The Bertz CT molecular complexity index is 1810. The van der Waals surface area contributed by atoms with Crippen LogP contribution in [0.2, 0.25) is 0 Å². The fraction of sp³-hybridized carbons (Fsp3) is 0.707. The van der Waals surface area contributed by atoms with E-state index in [2.05, 4.69) is 135 Å². The normalized spacial score (nSPS) is 13.7. The van der Waals surface area contributed by atoms with E-state index >= 15 is 0 Å². The minimum Gasteiger partial charge on any atom is -0.462 e. The molecule has 0 radical (unpaired) electrons. The highest BCUT2D eigenvalue weighted by atomic mass is 31.2. The summed E-state index contributed by atoms with van der Waals surface area (Å²) in [6.45, 7) is 3.64. The smallest absolute Gasteiger partial charge is 0.462 e. The molecule has 9 nitrogen and oxygen atoms in total. The number of esters is 2. The van der Waals surface area contributed by atoms with Crippen LogP contribution in [-0.2, 0) is 32.7 Å². The van der Waals surface area contributed by atoms with Crippen LogP contribution in [0.15, 0.2) is 122 Å². The summed E-state index contributed by atoms with van der Waals surface area (Å²) in [7, 11) is -4.40. The second kappa shape index (κ2) is 69.5. The number of rotatable bonds is 65. The third-order valence-electron chi connectivity index (χ3n) is 14.8. The monoisotopic (exact) mass is 1200 g/mol. The van der Waals surface area contributed by atoms with Gasteiger partial charge in [-0.15, -0.1) is 0 Å². The third kappa shape index (κ3) is 69.4. The first-order valence-electron chi connectivity index (χ1n) is 35.0. The predicted molar refractivity (Wildman–Crippen MR) is 367 cm³/mol. The van der Waals surface area contributed by atoms with E-state index in [0.29, 0.717) is 6.42 Å². The molecule has 0 aliphatic carbocycles. The van der Waals surface area contributed by atoms with Crippen molar-refractivity contribution in [2.45, 2.75) is 315 Å². The molecule has 0 aromatic heterocycles. The highest BCUT2D eigenvalue weighted by Crippen LogP contribution is 2.43. The molecule has 0 saturated heterocycles. The average Bonchev–Trinajstić information content (AvgIpc) is 3.52. The van der Waals surface area contributed by atoms with Crippen LogP contribution < -0.4 is 5.73 Å². The van der Waals surface area contributed by atoms with Gasteiger partial charge in [0, 0.05) is 19.4 Å². The molecule has 0 fully saturated rings. The molecule has 0 amide bonds. The zero-order valence-corrected chi connectivity index (χ0v) is 55.7. The van der Waals surface area contributed by atoms with Gasteiger partial charge in [0.05, 0.1) is 13.2 Å². The van der Waals surface area contributed by atoms with E-state index in [4.69, 9.17) is 24.3 Å². The van der Waals surface area contributed by atoms with E-state index in [1.807, 2.05) is 0 Å². The van der Waals surface area contributed by atoms with Crippen molar-refractivity contribution >= 4 is 19.8 Å². The van der Waals surface area contributed by atoms with Gasteiger partial charge in [-0.2, -0.15) is 0 Å². The largest absolute Gasteiger partial charge is 0.472 e. The summed E-state index contributed by atoms with van der Waals surface area (Å²) in [5.41, 5.74) is 5.40. The van der Waals surface area contributed by atoms with Crippen LogP contribution in [0.1, 0.15) is 309 Å². The average molecular weight is 1200 g/mol. The van der Waals surface area contributed by atoms with Gasteiger partial charge >= 0.3 is 19.8 Å². The Labute approximate surface area is 523 Å². The Kier molecular flexibility index (Phi) is 66.6. The standard InChI is InChI=1S/C75H130NO8P/c1-3-5-7-9-11-13-15-17-19-21-23-25-27-29-31-32-33-34-35-36-37-38-39-40-42-44-46-48-50-52-54-56-58-60-62-64-66-68-75(78)84-73(72-83-85(79,80)82-70-69-76)71-81-74(77)67-65-63-61-59-57-55-53-51-49-47-45-43-41-30-28-26-24-22-20-18-16-14-12-10-8-6-4-2/h5,7,11,13,16-19,22-25,28-31,33-34,36-37,73H,3-4,6,8-10,12,14-15,20-21,26-27,32,35,38-72,76H2,1-2H3,(H,79,80)/b7-5-,13-11-,18-16-,19-17-,24-22-,25-23-,30-28-,31-29-,34-33-,37-36-. The molecule has 3 N–H and O–H groups in total. The number of unbranched alkanes of at least 4 members (excludes halogenated alkanes) is 32. The number of carbonyl (C=O) groups excluding carboxylic acids is 2. The summed E-state index contributed by atoms with van der Waals surface area (Å²) in [5.74, 6) is -0.825. The van der Waals surface area contributed by atoms with Crippen molar-refractivity contribution in [1.82, 2.24) is 0 Å². The van der Waals surface area contributed by atoms with Gasteiger partial charge in [-0.1, -0.05) is 309 Å². The van der Waals surface area contributed by atoms with E-state index in [0.717, 1.165) is 96.3 Å². The van der Waals surface area contributed by atoms with Crippen LogP contribution in [-0.4, -0.2) is 49.3 Å². The van der Waals surface area contributed by atoms with E-state index < -0.39 is 26.5 Å². The fourth-order valence-electron chi connectivity index (χ4n) is 9.68. The first kappa shape index (κ1) is 81.4. The Hall–Kier alpha value is -3.59. The zero-order chi connectivity index (χ0) is 61.6. The summed E-state index contributed by atoms with van der Waals surface area (Å²) in [4.78, 5) is 35.4. The Balaban J connectivity index is 3.90. The zero-order valence-electron chi connectivity index (χ0n) is 54.8. The van der Waals surface area contributed by atoms with Gasteiger partial charge in [0.25, 0.3) is 0 Å². The van der Waals surface area contributed by atoms with Crippen molar-refractivity contribution in [3.8, 4) is 0 Å². The SMILES string of the molecule is CC/C=C\C/C=C\C/C=C\C/C=C\C/C=C\C/C=C\C/C=C\CCCCCCCCCCCCCCCCCC(=O)OC(COC(=O)CCCCCCCCCCCCCC/C=C\C/C=C\C/C=C\CCCCCCC)COP(=O)(O)OCCN. The Morgan fingerprint density at radius 3 is 0.965 bits per heavy atom. The quantitative estimate of drug-likeness (QED) is 0.0264. The molecule has 0 aromatic carbocycles. The van der Waals surface area contributed by atoms with Crippen LogP contribution in [0.3, 0.4) is 0 Å². The van der Waals surface area contributed by atoms with Crippen molar-refractivity contribution in [1.29, 1.82) is 0 Å². The van der Waals surface area contributed by atoms with Gasteiger partial charge in [-0.05, 0) is 109 Å². The number of phosphoric ester groups is 1. The molecule has 0 aliphatic heterocycles. The maximum atomic E-state index is 12.8. The highest BCUT2D eigenvalue weighted by molar-refractivity contribution is 7.47. The number of nitrogens with two attached hydrogens (primary N) is 1. The fourth-order valence-corrected chi connectivity index (χ4v) is 10.5. The van der Waals surface area contributed by atoms with Crippen LogP contribution in [0, 0.1) is 0 Å². The van der Waals surface area contributed by atoms with Crippen molar-refractivity contribution in [3.05, 3.63) is 122 Å². The van der Waals surface area contributed by atoms with Crippen molar-refractivity contribution in [2.24, 2.45) is 5.73 Å². The lowest BCUT2D eigenvalue weighted by Crippen LogP contribution is -2.29. The topological polar surface area (TPSA) is 134 Å². The lowest BCUT2D eigenvalue weighted by molar-refractivity contribution is -0.161. The lowest BCUT2D eigenvalue weighted by Gasteiger charge is -2.19. The number of hydrogen-bond donors (Lipinski definition) is 2. The molecular weight excluding hydrogens is 1070 g/mol. The van der Waals surface area contributed by atoms with E-state index in [1.165, 1.54) is 180 Å². The van der Waals surface area contributed by atoms with Gasteiger partial charge in [-0.3, -0.25) is 18.6 Å². The summed E-state index contributed by atoms with van der Waals surface area (Å²) in [6.07, 6.45) is 97.1. The molecule has 0 spiro atoms.